The number of Topliss-reactive ketones (excluding diaryl/α,β-unsaturated/α-hetero) is 1. The Hall–Kier alpha value is -1.90. The number of benzene rings is 1. The van der Waals surface area contributed by atoms with E-state index in [0.29, 0.717) is 13.0 Å². The van der Waals surface area contributed by atoms with Gasteiger partial charge in [0.1, 0.15) is 5.78 Å². The van der Waals surface area contributed by atoms with E-state index < -0.39 is 0 Å². The van der Waals surface area contributed by atoms with E-state index in [-0.39, 0.29) is 18.2 Å². The standard InChI is InChI=1S/C15H18O3/c1-3-18-15(17)9-5-7-13-6-4-8-14(11-13)10-12(2)16/h4-8,11H,3,9-10H2,1-2H3. The van der Waals surface area contributed by atoms with Crippen LogP contribution in [0.5, 0.6) is 0 Å². The first-order valence-electron chi connectivity index (χ1n) is 6.02. The number of ether oxygens (including phenoxy) is 1. The average Bonchev–Trinajstić information content (AvgIpc) is 2.29. The molecule has 0 bridgehead atoms. The van der Waals surface area contributed by atoms with Gasteiger partial charge in [-0.25, -0.2) is 0 Å². The minimum Gasteiger partial charge on any atom is -0.466 e. The molecule has 0 N–H and O–H groups in total. The van der Waals surface area contributed by atoms with Crippen molar-refractivity contribution >= 4 is 17.8 Å². The molecule has 0 atom stereocenters. The molecule has 0 aliphatic heterocycles. The third kappa shape index (κ3) is 5.43. The fourth-order valence-electron chi connectivity index (χ4n) is 1.61. The molecule has 0 saturated heterocycles. The van der Waals surface area contributed by atoms with Crippen LogP contribution in [-0.2, 0) is 20.7 Å². The smallest absolute Gasteiger partial charge is 0.309 e. The topological polar surface area (TPSA) is 43.4 Å². The van der Waals surface area contributed by atoms with Crippen molar-refractivity contribution in [3.8, 4) is 0 Å². The van der Waals surface area contributed by atoms with Crippen molar-refractivity contribution in [2.24, 2.45) is 0 Å². The normalized spacial score (nSPS) is 10.6. The zero-order chi connectivity index (χ0) is 13.4. The maximum atomic E-state index is 11.1. The summed E-state index contributed by atoms with van der Waals surface area (Å²) >= 11 is 0. The monoisotopic (exact) mass is 246 g/mol. The Labute approximate surface area is 107 Å². The first kappa shape index (κ1) is 14.2. The van der Waals surface area contributed by atoms with Gasteiger partial charge in [-0.1, -0.05) is 36.4 Å². The minimum atomic E-state index is -0.228. The van der Waals surface area contributed by atoms with Crippen molar-refractivity contribution in [3.05, 3.63) is 41.5 Å². The minimum absolute atomic E-state index is 0.141. The number of hydrogen-bond acceptors (Lipinski definition) is 3. The lowest BCUT2D eigenvalue weighted by molar-refractivity contribution is -0.142. The zero-order valence-corrected chi connectivity index (χ0v) is 10.8. The Morgan fingerprint density at radius 1 is 1.33 bits per heavy atom. The molecule has 96 valence electrons. The number of esters is 1. The summed E-state index contributed by atoms with van der Waals surface area (Å²) in [5.41, 5.74) is 1.97. The largest absolute Gasteiger partial charge is 0.466 e. The van der Waals surface area contributed by atoms with E-state index in [0.717, 1.165) is 11.1 Å². The lowest BCUT2D eigenvalue weighted by atomic mass is 10.1. The summed E-state index contributed by atoms with van der Waals surface area (Å²) in [5.74, 6) is -0.0868. The second kappa shape index (κ2) is 7.43. The molecular formula is C15H18O3. The fourth-order valence-corrected chi connectivity index (χ4v) is 1.61. The predicted octanol–water partition coefficient (Wildman–Crippen LogP) is 2.78. The molecule has 0 heterocycles. The van der Waals surface area contributed by atoms with E-state index in [2.05, 4.69) is 0 Å². The summed E-state index contributed by atoms with van der Waals surface area (Å²) in [6.07, 6.45) is 4.34. The molecule has 0 spiro atoms. The summed E-state index contributed by atoms with van der Waals surface area (Å²) in [5, 5.41) is 0. The van der Waals surface area contributed by atoms with Crippen molar-refractivity contribution in [2.75, 3.05) is 6.61 Å². The van der Waals surface area contributed by atoms with E-state index in [1.807, 2.05) is 30.3 Å². The Kier molecular flexibility index (Phi) is 5.85. The van der Waals surface area contributed by atoms with Crippen LogP contribution in [0.2, 0.25) is 0 Å². The first-order chi connectivity index (χ1) is 8.61. The Morgan fingerprint density at radius 2 is 2.11 bits per heavy atom. The molecule has 0 saturated carbocycles. The van der Waals surface area contributed by atoms with Crippen LogP contribution in [0.1, 0.15) is 31.4 Å². The van der Waals surface area contributed by atoms with Gasteiger partial charge in [-0.2, -0.15) is 0 Å². The van der Waals surface area contributed by atoms with Crippen LogP contribution < -0.4 is 0 Å². The highest BCUT2D eigenvalue weighted by Crippen LogP contribution is 2.08. The summed E-state index contributed by atoms with van der Waals surface area (Å²) in [7, 11) is 0. The second-order valence-corrected chi connectivity index (χ2v) is 4.04. The van der Waals surface area contributed by atoms with E-state index in [1.165, 1.54) is 0 Å². The molecular weight excluding hydrogens is 228 g/mol. The number of carbonyl (C=O) groups is 2. The quantitative estimate of drug-likeness (QED) is 0.725. The Balaban J connectivity index is 2.59. The van der Waals surface area contributed by atoms with Crippen LogP contribution in [0.15, 0.2) is 30.3 Å². The molecule has 18 heavy (non-hydrogen) atoms. The Bertz CT molecular complexity index is 447. The summed E-state index contributed by atoms with van der Waals surface area (Å²) in [6.45, 7) is 3.76. The van der Waals surface area contributed by atoms with Gasteiger partial charge >= 0.3 is 5.97 Å². The third-order valence-electron chi connectivity index (χ3n) is 2.30. The van der Waals surface area contributed by atoms with E-state index in [9.17, 15) is 9.59 Å². The molecule has 1 aromatic carbocycles. The van der Waals surface area contributed by atoms with E-state index in [1.54, 1.807) is 19.9 Å². The van der Waals surface area contributed by atoms with Gasteiger partial charge < -0.3 is 4.74 Å². The highest BCUT2D eigenvalue weighted by atomic mass is 16.5. The average molecular weight is 246 g/mol. The van der Waals surface area contributed by atoms with E-state index in [4.69, 9.17) is 4.74 Å². The molecule has 0 radical (unpaired) electrons. The highest BCUT2D eigenvalue weighted by Gasteiger charge is 1.99. The van der Waals surface area contributed by atoms with Crippen LogP contribution in [-0.4, -0.2) is 18.4 Å². The van der Waals surface area contributed by atoms with Gasteiger partial charge in [0.05, 0.1) is 13.0 Å². The molecule has 0 amide bonds. The fraction of sp³-hybridized carbons (Fsp3) is 0.333. The SMILES string of the molecule is CCOC(=O)CC=Cc1cccc(CC(C)=O)c1. The second-order valence-electron chi connectivity index (χ2n) is 4.04. The molecule has 3 heteroatoms. The van der Waals surface area contributed by atoms with E-state index >= 15 is 0 Å². The van der Waals surface area contributed by atoms with Crippen LogP contribution in [0.25, 0.3) is 6.08 Å². The molecule has 0 aliphatic carbocycles. The number of ketones is 1. The zero-order valence-electron chi connectivity index (χ0n) is 10.8. The molecule has 1 aromatic rings. The Morgan fingerprint density at radius 3 is 2.78 bits per heavy atom. The summed E-state index contributed by atoms with van der Waals surface area (Å²) in [4.78, 5) is 22.1. The van der Waals surface area contributed by atoms with Crippen molar-refractivity contribution in [2.45, 2.75) is 26.7 Å². The number of hydrogen-bond donors (Lipinski definition) is 0. The van der Waals surface area contributed by atoms with Crippen molar-refractivity contribution in [1.82, 2.24) is 0 Å². The maximum Gasteiger partial charge on any atom is 0.309 e. The van der Waals surface area contributed by atoms with Crippen LogP contribution in [0.3, 0.4) is 0 Å². The molecule has 0 aliphatic rings. The van der Waals surface area contributed by atoms with Crippen molar-refractivity contribution in [1.29, 1.82) is 0 Å². The highest BCUT2D eigenvalue weighted by molar-refractivity contribution is 5.78. The summed E-state index contributed by atoms with van der Waals surface area (Å²) < 4.78 is 4.82. The van der Waals surface area contributed by atoms with Gasteiger partial charge in [0, 0.05) is 6.42 Å². The predicted molar refractivity (Wildman–Crippen MR) is 71.1 cm³/mol. The summed E-state index contributed by atoms with van der Waals surface area (Å²) in [6, 6.07) is 7.71. The van der Waals surface area contributed by atoms with Crippen LogP contribution in [0.4, 0.5) is 0 Å². The number of rotatable bonds is 6. The van der Waals surface area contributed by atoms with Gasteiger partial charge in [-0.15, -0.1) is 0 Å². The third-order valence-corrected chi connectivity index (χ3v) is 2.30. The van der Waals surface area contributed by atoms with Gasteiger partial charge in [0.15, 0.2) is 0 Å². The van der Waals surface area contributed by atoms with Gasteiger partial charge in [-0.05, 0) is 25.0 Å². The molecule has 3 nitrogen and oxygen atoms in total. The van der Waals surface area contributed by atoms with Gasteiger partial charge in [0.25, 0.3) is 0 Å². The molecule has 0 unspecified atom stereocenters. The van der Waals surface area contributed by atoms with Crippen molar-refractivity contribution < 1.29 is 14.3 Å². The lowest BCUT2D eigenvalue weighted by Gasteiger charge is -2.00. The number of carbonyl (C=O) groups excluding carboxylic acids is 2. The molecule has 1 rings (SSSR count). The van der Waals surface area contributed by atoms with Gasteiger partial charge in [-0.3, -0.25) is 9.59 Å². The first-order valence-corrected chi connectivity index (χ1v) is 6.02. The maximum absolute atomic E-state index is 11.1. The lowest BCUT2D eigenvalue weighted by Crippen LogP contribution is -2.01. The van der Waals surface area contributed by atoms with Gasteiger partial charge in [0.2, 0.25) is 0 Å². The van der Waals surface area contributed by atoms with Crippen LogP contribution in [0, 0.1) is 0 Å². The molecule has 0 fully saturated rings. The van der Waals surface area contributed by atoms with Crippen LogP contribution >= 0.6 is 0 Å². The van der Waals surface area contributed by atoms with Crippen molar-refractivity contribution in [3.63, 3.8) is 0 Å². The molecule has 0 aromatic heterocycles.